The third-order valence-electron chi connectivity index (χ3n) is 2.96. The largest absolute Gasteiger partial charge is 0.481 e. The van der Waals surface area contributed by atoms with Gasteiger partial charge in [-0.25, -0.2) is 4.79 Å². The summed E-state index contributed by atoms with van der Waals surface area (Å²) in [6, 6.07) is -1.48. The second-order valence-electron chi connectivity index (χ2n) is 4.33. The van der Waals surface area contributed by atoms with Gasteiger partial charge in [0.1, 0.15) is 6.04 Å². The van der Waals surface area contributed by atoms with E-state index in [2.05, 4.69) is 5.32 Å². The fourth-order valence-corrected chi connectivity index (χ4v) is 1.92. The summed E-state index contributed by atoms with van der Waals surface area (Å²) in [5.41, 5.74) is 0. The Morgan fingerprint density at radius 1 is 1.42 bits per heavy atom. The molecule has 8 nitrogen and oxygen atoms in total. The van der Waals surface area contributed by atoms with Gasteiger partial charge in [0.2, 0.25) is 11.8 Å². The summed E-state index contributed by atoms with van der Waals surface area (Å²) in [5.74, 6) is -4.10. The van der Waals surface area contributed by atoms with Crippen molar-refractivity contribution in [1.29, 1.82) is 0 Å². The predicted octanol–water partition coefficient (Wildman–Crippen LogP) is -1.10. The van der Waals surface area contributed by atoms with Crippen LogP contribution in [-0.4, -0.2) is 58.0 Å². The van der Waals surface area contributed by atoms with Crippen molar-refractivity contribution >= 4 is 23.8 Å². The van der Waals surface area contributed by atoms with E-state index in [1.807, 2.05) is 0 Å². The number of carboxylic acid groups (broad SMARTS) is 2. The minimum atomic E-state index is -1.48. The Morgan fingerprint density at radius 3 is 2.47 bits per heavy atom. The van der Waals surface area contributed by atoms with Crippen LogP contribution in [0.5, 0.6) is 0 Å². The first kappa shape index (κ1) is 14.9. The summed E-state index contributed by atoms with van der Waals surface area (Å²) < 4.78 is 0. The molecule has 1 aliphatic rings. The molecule has 8 heteroatoms. The highest BCUT2D eigenvalue weighted by Gasteiger charge is 2.35. The average Bonchev–Trinajstić information content (AvgIpc) is 2.69. The van der Waals surface area contributed by atoms with E-state index in [0.29, 0.717) is 6.54 Å². The van der Waals surface area contributed by atoms with Crippen molar-refractivity contribution in [3.8, 4) is 0 Å². The van der Waals surface area contributed by atoms with Crippen LogP contribution in [0.3, 0.4) is 0 Å². The van der Waals surface area contributed by atoms with Gasteiger partial charge in [-0.1, -0.05) is 0 Å². The summed E-state index contributed by atoms with van der Waals surface area (Å²) in [7, 11) is 0. The number of carbonyl (C=O) groups excluding carboxylic acids is 2. The molecule has 1 rings (SSSR count). The molecule has 1 aliphatic heterocycles. The lowest BCUT2D eigenvalue weighted by Crippen LogP contribution is -2.45. The van der Waals surface area contributed by atoms with Gasteiger partial charge in [-0.05, 0) is 6.92 Å². The number of nitrogens with zero attached hydrogens (tertiary/aromatic N) is 1. The van der Waals surface area contributed by atoms with Gasteiger partial charge in [0.25, 0.3) is 0 Å². The van der Waals surface area contributed by atoms with Crippen molar-refractivity contribution in [2.24, 2.45) is 5.92 Å². The van der Waals surface area contributed by atoms with Crippen LogP contribution >= 0.6 is 0 Å². The first-order valence-corrected chi connectivity index (χ1v) is 5.87. The monoisotopic (exact) mass is 272 g/mol. The molecular formula is C11H16N2O6. The number of hydrogen-bond acceptors (Lipinski definition) is 4. The maximum absolute atomic E-state index is 11.8. The van der Waals surface area contributed by atoms with Gasteiger partial charge in [0, 0.05) is 19.5 Å². The minimum Gasteiger partial charge on any atom is -0.481 e. The quantitative estimate of drug-likeness (QED) is 0.563. The van der Waals surface area contributed by atoms with Crippen LogP contribution in [-0.2, 0) is 19.2 Å². The highest BCUT2D eigenvalue weighted by Crippen LogP contribution is 2.17. The van der Waals surface area contributed by atoms with Gasteiger partial charge >= 0.3 is 11.9 Å². The van der Waals surface area contributed by atoms with Gasteiger partial charge in [0.05, 0.1) is 12.3 Å². The fourth-order valence-electron chi connectivity index (χ4n) is 1.92. The van der Waals surface area contributed by atoms with E-state index in [-0.39, 0.29) is 18.9 Å². The maximum Gasteiger partial charge on any atom is 0.326 e. The normalized spacial score (nSPS) is 20.2. The van der Waals surface area contributed by atoms with Crippen LogP contribution in [0.1, 0.15) is 19.8 Å². The Balaban J connectivity index is 2.61. The smallest absolute Gasteiger partial charge is 0.326 e. The molecule has 19 heavy (non-hydrogen) atoms. The third-order valence-corrected chi connectivity index (χ3v) is 2.96. The average molecular weight is 272 g/mol. The van der Waals surface area contributed by atoms with E-state index in [0.717, 1.165) is 0 Å². The summed E-state index contributed by atoms with van der Waals surface area (Å²) >= 11 is 0. The van der Waals surface area contributed by atoms with Gasteiger partial charge in [-0.3, -0.25) is 14.4 Å². The molecule has 2 amide bonds. The van der Waals surface area contributed by atoms with Crippen molar-refractivity contribution in [2.45, 2.75) is 25.8 Å². The van der Waals surface area contributed by atoms with Gasteiger partial charge in [-0.2, -0.15) is 0 Å². The number of likely N-dealkylation sites (tertiary alicyclic amines) is 1. The zero-order valence-electron chi connectivity index (χ0n) is 10.5. The molecule has 0 aromatic heterocycles. The Labute approximate surface area is 109 Å². The summed E-state index contributed by atoms with van der Waals surface area (Å²) in [6.07, 6.45) is -0.668. The van der Waals surface area contributed by atoms with Crippen molar-refractivity contribution in [3.63, 3.8) is 0 Å². The van der Waals surface area contributed by atoms with Crippen molar-refractivity contribution < 1.29 is 29.4 Å². The lowest BCUT2D eigenvalue weighted by atomic mass is 10.1. The van der Waals surface area contributed by atoms with E-state index in [1.54, 1.807) is 6.92 Å². The predicted molar refractivity (Wildman–Crippen MR) is 62.2 cm³/mol. The molecule has 1 saturated heterocycles. The molecular weight excluding hydrogens is 256 g/mol. The first-order chi connectivity index (χ1) is 8.85. The minimum absolute atomic E-state index is 0.0269. The summed E-state index contributed by atoms with van der Waals surface area (Å²) in [5, 5.41) is 19.5. The maximum atomic E-state index is 11.8. The Bertz CT molecular complexity index is 408. The molecule has 1 unspecified atom stereocenters. The molecule has 2 atom stereocenters. The topological polar surface area (TPSA) is 124 Å². The molecule has 1 fully saturated rings. The number of rotatable bonds is 6. The zero-order valence-corrected chi connectivity index (χ0v) is 10.5. The van der Waals surface area contributed by atoms with E-state index in [4.69, 9.17) is 10.2 Å². The molecule has 0 aromatic rings. The number of amides is 2. The Morgan fingerprint density at radius 2 is 2.05 bits per heavy atom. The fraction of sp³-hybridized carbons (Fsp3) is 0.636. The van der Waals surface area contributed by atoms with Crippen LogP contribution in [0, 0.1) is 5.92 Å². The highest BCUT2D eigenvalue weighted by atomic mass is 16.4. The molecule has 0 aromatic carbocycles. The second kappa shape index (κ2) is 6.17. The Kier molecular flexibility index (Phi) is 4.85. The lowest BCUT2D eigenvalue weighted by Gasteiger charge is -2.16. The molecule has 1 heterocycles. The van der Waals surface area contributed by atoms with Crippen molar-refractivity contribution in [2.75, 3.05) is 13.1 Å². The number of carboxylic acids is 2. The first-order valence-electron chi connectivity index (χ1n) is 5.87. The molecule has 0 bridgehead atoms. The number of nitrogens with one attached hydrogen (secondary N) is 1. The van der Waals surface area contributed by atoms with Crippen LogP contribution in [0.4, 0.5) is 0 Å². The van der Waals surface area contributed by atoms with Crippen molar-refractivity contribution in [3.05, 3.63) is 0 Å². The number of carbonyl (C=O) groups is 4. The zero-order chi connectivity index (χ0) is 14.6. The molecule has 3 N–H and O–H groups in total. The molecule has 0 aliphatic carbocycles. The molecule has 0 radical (unpaired) electrons. The standard InChI is InChI=1S/C11H16N2O6/c1-2-13-5-6(3-8(13)14)10(17)12-7(11(18)19)4-9(15)16/h6-7H,2-5H2,1H3,(H,12,17)(H,15,16)(H,18,19)/t6?,7-/m1/s1. The lowest BCUT2D eigenvalue weighted by molar-refractivity contribution is -0.147. The van der Waals surface area contributed by atoms with E-state index in [1.165, 1.54) is 4.90 Å². The summed E-state index contributed by atoms with van der Waals surface area (Å²) in [6.45, 7) is 2.50. The SMILES string of the molecule is CCN1CC(C(=O)N[C@H](CC(=O)O)C(=O)O)CC1=O. The number of aliphatic carboxylic acids is 2. The van der Waals surface area contributed by atoms with Gasteiger partial charge in [-0.15, -0.1) is 0 Å². The Hall–Kier alpha value is -2.12. The molecule has 106 valence electrons. The van der Waals surface area contributed by atoms with Crippen LogP contribution in [0.2, 0.25) is 0 Å². The van der Waals surface area contributed by atoms with E-state index < -0.39 is 36.2 Å². The second-order valence-corrected chi connectivity index (χ2v) is 4.33. The molecule has 0 saturated carbocycles. The molecule has 0 spiro atoms. The van der Waals surface area contributed by atoms with E-state index >= 15 is 0 Å². The van der Waals surface area contributed by atoms with E-state index in [9.17, 15) is 19.2 Å². The highest BCUT2D eigenvalue weighted by molar-refractivity contribution is 5.92. The summed E-state index contributed by atoms with van der Waals surface area (Å²) in [4.78, 5) is 46.1. The van der Waals surface area contributed by atoms with Crippen LogP contribution in [0.25, 0.3) is 0 Å². The van der Waals surface area contributed by atoms with Crippen LogP contribution in [0.15, 0.2) is 0 Å². The number of hydrogen-bond donors (Lipinski definition) is 3. The van der Waals surface area contributed by atoms with Crippen LogP contribution < -0.4 is 5.32 Å². The van der Waals surface area contributed by atoms with Crippen molar-refractivity contribution in [1.82, 2.24) is 10.2 Å². The van der Waals surface area contributed by atoms with Gasteiger partial charge < -0.3 is 20.4 Å². The van der Waals surface area contributed by atoms with Gasteiger partial charge in [0.15, 0.2) is 0 Å². The third kappa shape index (κ3) is 3.94.